The number of oxime groups is 1. The van der Waals surface area contributed by atoms with Crippen molar-refractivity contribution in [2.24, 2.45) is 5.16 Å². The second kappa shape index (κ2) is 5.86. The lowest BCUT2D eigenvalue weighted by Gasteiger charge is -2.62. The molecule has 0 saturated carbocycles. The van der Waals surface area contributed by atoms with Crippen molar-refractivity contribution in [2.45, 2.75) is 47.5 Å². The minimum atomic E-state index is -0.676. The molecule has 5 atom stereocenters. The molecule has 2 saturated heterocycles. The Kier molecular flexibility index (Phi) is 2.18. The standard InChI is InChI=1S/C68H14N2O/c1-2-4-8-67-61-53-45-37-27-19-12-10-9-11-13-14(12)21-25(19)38(45)46-40-29(21)28-20(13)24-18(11)26-22-15(9)17-16(10)23(27)32-34-30(17)33-31(22)41-35(26)42-36(24)43-39(28)49(40)58-60-52(43)50(42)59-51(41)56-47(33)48(34)57(54(61)44(32)37)64(67)63(56)65(59)6-70(5-3-1)7-66(60,65)68(67,71-69-8)62(58)55(46)53/h1-7H2. The summed E-state index contributed by atoms with van der Waals surface area (Å²) in [6.07, 6.45) is 4.74. The molecule has 0 aromatic heterocycles. The number of benzene rings is 17. The normalized spacial score (nSPS) is 29.9. The molecular formula is C68H14N2O. The zero-order valence-electron chi connectivity index (χ0n) is 36.8. The Morgan fingerprint density at radius 1 is 0.282 bits per heavy atom. The number of hydrogen-bond donors (Lipinski definition) is 0. The quantitative estimate of drug-likeness (QED) is 0.142. The number of hydrogen-bond acceptors (Lipinski definition) is 3. The van der Waals surface area contributed by atoms with E-state index in [2.05, 4.69) is 4.90 Å². The maximum absolute atomic E-state index is 8.44. The Morgan fingerprint density at radius 2 is 0.620 bits per heavy atom. The maximum atomic E-state index is 8.44. The fourth-order valence-electron chi connectivity index (χ4n) is 27.7. The van der Waals surface area contributed by atoms with Gasteiger partial charge in [0.15, 0.2) is 5.60 Å². The molecule has 5 unspecified atom stereocenters. The first-order chi connectivity index (χ1) is 35.4. The molecule has 9 aliphatic rings. The second-order valence-electron chi connectivity index (χ2n) is 27.4. The summed E-state index contributed by atoms with van der Waals surface area (Å²) in [6, 6.07) is 0. The van der Waals surface area contributed by atoms with Crippen LogP contribution in [0.5, 0.6) is 0 Å². The van der Waals surface area contributed by atoms with Crippen LogP contribution in [0.15, 0.2) is 5.16 Å². The molecule has 0 amide bonds. The summed E-state index contributed by atoms with van der Waals surface area (Å²) in [5, 5.41) is 89.4. The van der Waals surface area contributed by atoms with E-state index in [9.17, 15) is 0 Å². The fourth-order valence-corrected chi connectivity index (χ4v) is 27.7. The maximum Gasteiger partial charge on any atom is 0.195 e. The molecule has 3 heterocycles. The van der Waals surface area contributed by atoms with Gasteiger partial charge < -0.3 is 9.74 Å². The third-order valence-corrected chi connectivity index (χ3v) is 27.5. The summed E-state index contributed by atoms with van der Waals surface area (Å²) < 4.78 is 0. The van der Waals surface area contributed by atoms with Crippen molar-refractivity contribution < 1.29 is 4.84 Å². The van der Waals surface area contributed by atoms with Crippen LogP contribution in [0.1, 0.15) is 59.1 Å². The molecule has 4 spiro atoms. The molecule has 2 fully saturated rings. The predicted octanol–water partition coefficient (Wildman–Crippen LogP) is 16.4. The summed E-state index contributed by atoms with van der Waals surface area (Å²) >= 11 is 0. The van der Waals surface area contributed by atoms with Gasteiger partial charge in [0.05, 0.1) is 16.5 Å². The van der Waals surface area contributed by atoms with Crippen LogP contribution in [0.2, 0.25) is 0 Å². The van der Waals surface area contributed by atoms with Gasteiger partial charge in [0, 0.05) is 18.7 Å². The molecule has 3 heteroatoms. The lowest BCUT2D eigenvalue weighted by Crippen LogP contribution is -2.72. The van der Waals surface area contributed by atoms with E-state index in [0.29, 0.717) is 0 Å². The average molecular weight is 875 g/mol. The molecule has 0 N–H and O–H groups in total. The minimum absolute atomic E-state index is 0.257. The van der Waals surface area contributed by atoms with E-state index >= 15 is 0 Å². The van der Waals surface area contributed by atoms with E-state index < -0.39 is 11.0 Å². The van der Waals surface area contributed by atoms with Crippen molar-refractivity contribution in [3.63, 3.8) is 0 Å². The van der Waals surface area contributed by atoms with Crippen LogP contribution in [0, 0.1) is 0 Å². The zero-order chi connectivity index (χ0) is 41.9. The lowest BCUT2D eigenvalue weighted by molar-refractivity contribution is -0.125. The fraction of sp³-hybridized carbons (Fsp3) is 0.162. The van der Waals surface area contributed by atoms with Crippen LogP contribution in [0.25, 0.3) is 269 Å². The van der Waals surface area contributed by atoms with Crippen LogP contribution in [-0.2, 0) is 26.7 Å². The van der Waals surface area contributed by atoms with Gasteiger partial charge in [-0.2, -0.15) is 0 Å². The van der Waals surface area contributed by atoms with Gasteiger partial charge in [-0.3, -0.25) is 0 Å². The predicted molar refractivity (Wildman–Crippen MR) is 292 cm³/mol. The third kappa shape index (κ3) is 1.34. The monoisotopic (exact) mass is 874 g/mol. The van der Waals surface area contributed by atoms with Crippen molar-refractivity contribution >= 4 is 275 Å². The Balaban J connectivity index is 1.18. The van der Waals surface area contributed by atoms with Gasteiger partial charge in [0.2, 0.25) is 0 Å². The minimum Gasteiger partial charge on any atom is -0.382 e. The number of fused-ring (bicyclic) bond motifs is 1. The zero-order valence-corrected chi connectivity index (χ0v) is 36.8. The summed E-state index contributed by atoms with van der Waals surface area (Å²) in [7, 11) is 0. The summed E-state index contributed by atoms with van der Waals surface area (Å²) in [6.45, 7) is 3.34. The van der Waals surface area contributed by atoms with Crippen molar-refractivity contribution in [3.8, 4) is 0 Å². The van der Waals surface area contributed by atoms with E-state index in [1.165, 1.54) is 31.5 Å². The van der Waals surface area contributed by atoms with Crippen LogP contribution in [0.4, 0.5) is 0 Å². The van der Waals surface area contributed by atoms with Gasteiger partial charge in [-0.25, -0.2) is 0 Å². The SMILES string of the molecule is C1CCC2=NOC34c5c6c7c8c9c%10c%11c%12c(c%13c%14c%15c(c%16c5c5c%17c6c6c8c8c9c9c%11c%11c%18c%12c%14c%12c%14c%15c%15c%16c5c5c%16c%17c6c6c8c8c9c%11c9c(c%18%12)c%11c%14c%15c5c5c%16c6c8c9c%115)C2%133)C%102CN(CC1)CC724. The third-order valence-electron chi connectivity index (χ3n) is 27.5. The Bertz CT molecular complexity index is 7400. The number of nitrogens with zero attached hydrogens (tertiary/aromatic N) is 2. The van der Waals surface area contributed by atoms with Crippen molar-refractivity contribution in [2.75, 3.05) is 19.6 Å². The van der Waals surface area contributed by atoms with E-state index in [1.807, 2.05) is 0 Å². The van der Waals surface area contributed by atoms with E-state index in [0.717, 1.165) is 19.5 Å². The van der Waals surface area contributed by atoms with E-state index in [1.54, 1.807) is 303 Å². The highest BCUT2D eigenvalue weighted by atomic mass is 16.7. The lowest BCUT2D eigenvalue weighted by atomic mass is 9.37. The molecule has 71 heavy (non-hydrogen) atoms. The molecule has 3 nitrogen and oxygen atoms in total. The molecule has 0 radical (unpaired) electrons. The summed E-state index contributed by atoms with van der Waals surface area (Å²) in [4.78, 5) is 11.5. The van der Waals surface area contributed by atoms with Crippen LogP contribution in [-0.4, -0.2) is 30.2 Å². The Hall–Kier alpha value is -7.85. The first-order valence-electron chi connectivity index (χ1n) is 27.4. The summed E-state index contributed by atoms with van der Waals surface area (Å²) in [5.41, 5.74) is 10.0. The van der Waals surface area contributed by atoms with E-state index in [-0.39, 0.29) is 10.8 Å². The number of rotatable bonds is 0. The topological polar surface area (TPSA) is 24.8 Å². The van der Waals surface area contributed by atoms with Crippen molar-refractivity contribution in [3.05, 3.63) is 33.4 Å². The smallest absolute Gasteiger partial charge is 0.195 e. The molecular weight excluding hydrogens is 861 g/mol. The van der Waals surface area contributed by atoms with Gasteiger partial charge in [0.25, 0.3) is 0 Å². The van der Waals surface area contributed by atoms with Crippen molar-refractivity contribution in [1.82, 2.24) is 4.90 Å². The van der Waals surface area contributed by atoms with Crippen molar-refractivity contribution in [1.29, 1.82) is 0 Å². The molecule has 6 aliphatic carbocycles. The van der Waals surface area contributed by atoms with Crippen LogP contribution in [0.3, 0.4) is 0 Å². The van der Waals surface area contributed by atoms with E-state index in [4.69, 9.17) is 9.99 Å². The van der Waals surface area contributed by atoms with Gasteiger partial charge in [-0.05, 0) is 323 Å². The van der Waals surface area contributed by atoms with Gasteiger partial charge in [-0.15, -0.1) is 0 Å². The Morgan fingerprint density at radius 3 is 1.06 bits per heavy atom. The first kappa shape index (κ1) is 26.4. The highest BCUT2D eigenvalue weighted by Gasteiger charge is 2.90. The first-order valence-corrected chi connectivity index (χ1v) is 27.4. The van der Waals surface area contributed by atoms with Gasteiger partial charge >= 0.3 is 0 Å². The van der Waals surface area contributed by atoms with Gasteiger partial charge in [-0.1, -0.05) is 11.6 Å². The van der Waals surface area contributed by atoms with Crippen LogP contribution >= 0.6 is 0 Å². The highest BCUT2D eigenvalue weighted by Crippen LogP contribution is 2.91. The van der Waals surface area contributed by atoms with Crippen LogP contribution < -0.4 is 0 Å². The molecule has 302 valence electrons. The average Bonchev–Trinajstić information content (AvgIpc) is 3.51. The molecule has 3 aliphatic heterocycles. The highest BCUT2D eigenvalue weighted by molar-refractivity contribution is 6.81. The molecule has 35 rings (SSSR count). The molecule has 26 aromatic carbocycles. The Labute approximate surface area is 388 Å². The second-order valence-corrected chi connectivity index (χ2v) is 27.4. The summed E-state index contributed by atoms with van der Waals surface area (Å²) in [5.74, 6) is 0. The molecule has 26 aromatic rings. The molecule has 5 bridgehead atoms. The van der Waals surface area contributed by atoms with Gasteiger partial charge in [0.1, 0.15) is 5.41 Å². The largest absolute Gasteiger partial charge is 0.382 e.